The number of alkyl halides is 2. The summed E-state index contributed by atoms with van der Waals surface area (Å²) in [6.07, 6.45) is 5.15. The van der Waals surface area contributed by atoms with Crippen molar-refractivity contribution in [1.82, 2.24) is 5.32 Å². The number of halogens is 3. The number of rotatable bonds is 4. The zero-order valence-electron chi connectivity index (χ0n) is 13.5. The van der Waals surface area contributed by atoms with E-state index in [-0.39, 0.29) is 41.0 Å². The first-order valence-electron chi connectivity index (χ1n) is 8.05. The molecule has 1 amide bonds. The van der Waals surface area contributed by atoms with Gasteiger partial charge in [-0.25, -0.2) is 0 Å². The maximum Gasteiger partial charge on any atom is 0.387 e. The van der Waals surface area contributed by atoms with Gasteiger partial charge in [0.15, 0.2) is 0 Å². The molecule has 2 atom stereocenters. The molecule has 2 aliphatic carbocycles. The number of hydrogen-bond acceptors (Lipinski definition) is 4. The molecule has 2 unspecified atom stereocenters. The summed E-state index contributed by atoms with van der Waals surface area (Å²) in [5, 5.41) is 3.08. The van der Waals surface area contributed by atoms with Gasteiger partial charge in [-0.2, -0.15) is 8.78 Å². The van der Waals surface area contributed by atoms with Gasteiger partial charge < -0.3 is 15.8 Å². The Hall–Kier alpha value is -0.920. The number of nitrogens with one attached hydrogen (secondary N) is 1. The lowest BCUT2D eigenvalue weighted by Gasteiger charge is -2.45. The van der Waals surface area contributed by atoms with Crippen LogP contribution in [0.2, 0.25) is 0 Å². The van der Waals surface area contributed by atoms with E-state index in [1.165, 1.54) is 23.8 Å². The van der Waals surface area contributed by atoms with Crippen molar-refractivity contribution in [3.05, 3.63) is 15.8 Å². The van der Waals surface area contributed by atoms with E-state index in [4.69, 9.17) is 5.73 Å². The van der Waals surface area contributed by atoms with Crippen LogP contribution in [0, 0.1) is 18.8 Å². The van der Waals surface area contributed by atoms with Crippen molar-refractivity contribution in [1.29, 1.82) is 0 Å². The first-order chi connectivity index (χ1) is 10.9. The van der Waals surface area contributed by atoms with Crippen LogP contribution in [0.3, 0.4) is 0 Å². The summed E-state index contributed by atoms with van der Waals surface area (Å²) in [7, 11) is 0. The Balaban J connectivity index is 0.00000208. The van der Waals surface area contributed by atoms with Gasteiger partial charge in [0.2, 0.25) is 0 Å². The Morgan fingerprint density at radius 1 is 1.38 bits per heavy atom. The molecule has 0 saturated heterocycles. The quantitative estimate of drug-likeness (QED) is 0.836. The van der Waals surface area contributed by atoms with Crippen molar-refractivity contribution in [3.8, 4) is 5.75 Å². The molecule has 2 aliphatic rings. The topological polar surface area (TPSA) is 64.3 Å². The van der Waals surface area contributed by atoms with Gasteiger partial charge in [-0.05, 0) is 50.5 Å². The second kappa shape index (κ2) is 7.97. The maximum absolute atomic E-state index is 12.6. The van der Waals surface area contributed by atoms with E-state index in [2.05, 4.69) is 10.1 Å². The molecule has 3 rings (SSSR count). The minimum absolute atomic E-state index is 0. The molecule has 0 aliphatic heterocycles. The van der Waals surface area contributed by atoms with Crippen molar-refractivity contribution < 1.29 is 18.3 Å². The Labute approximate surface area is 150 Å². The number of thiophene rings is 1. The SMILES string of the molecule is Cc1cc(OC(F)F)c(C(=O)NC2C3CCCC2CC(N)C3)s1.Cl. The molecule has 3 N–H and O–H groups in total. The van der Waals surface area contributed by atoms with Crippen LogP contribution in [-0.2, 0) is 0 Å². The Bertz CT molecular complexity index is 570. The predicted molar refractivity (Wildman–Crippen MR) is 92.2 cm³/mol. The number of hydrogen-bond donors (Lipinski definition) is 2. The lowest BCUT2D eigenvalue weighted by Crippen LogP contribution is -2.53. The molecular formula is C16H23ClF2N2O2S. The fraction of sp³-hybridized carbons (Fsp3) is 0.688. The molecule has 1 heterocycles. The van der Waals surface area contributed by atoms with Gasteiger partial charge in [0, 0.05) is 17.0 Å². The van der Waals surface area contributed by atoms with Crippen molar-refractivity contribution in [2.75, 3.05) is 0 Å². The highest BCUT2D eigenvalue weighted by Gasteiger charge is 2.40. The third-order valence-corrected chi connectivity index (χ3v) is 5.95. The Kier molecular flexibility index (Phi) is 6.45. The zero-order valence-corrected chi connectivity index (χ0v) is 15.1. The van der Waals surface area contributed by atoms with Crippen molar-refractivity contribution >= 4 is 29.7 Å². The first kappa shape index (κ1) is 19.4. The number of carbonyl (C=O) groups excluding carboxylic acids is 1. The number of aryl methyl sites for hydroxylation is 1. The molecule has 1 aromatic rings. The average Bonchev–Trinajstić information content (AvgIpc) is 2.79. The summed E-state index contributed by atoms with van der Waals surface area (Å²) >= 11 is 1.19. The van der Waals surface area contributed by atoms with Crippen LogP contribution < -0.4 is 15.8 Å². The number of fused-ring (bicyclic) bond motifs is 2. The molecular weight excluding hydrogens is 358 g/mol. The van der Waals surface area contributed by atoms with Gasteiger partial charge in [-0.3, -0.25) is 4.79 Å². The Morgan fingerprint density at radius 2 is 2.00 bits per heavy atom. The van der Waals surface area contributed by atoms with E-state index < -0.39 is 6.61 Å². The normalized spacial score (nSPS) is 29.0. The molecule has 1 aromatic heterocycles. The summed E-state index contributed by atoms with van der Waals surface area (Å²) in [5.41, 5.74) is 6.10. The molecule has 2 saturated carbocycles. The van der Waals surface area contributed by atoms with Crippen LogP contribution in [0.25, 0.3) is 0 Å². The summed E-state index contributed by atoms with van der Waals surface area (Å²) in [6, 6.07) is 1.79. The molecule has 2 fully saturated rings. The van der Waals surface area contributed by atoms with Gasteiger partial charge in [0.1, 0.15) is 10.6 Å². The van der Waals surface area contributed by atoms with Gasteiger partial charge in [0.05, 0.1) is 0 Å². The van der Waals surface area contributed by atoms with Crippen molar-refractivity contribution in [2.24, 2.45) is 17.6 Å². The van der Waals surface area contributed by atoms with E-state index in [1.807, 2.05) is 0 Å². The lowest BCUT2D eigenvalue weighted by molar-refractivity contribution is -0.0498. The molecule has 24 heavy (non-hydrogen) atoms. The fourth-order valence-electron chi connectivity index (χ4n) is 4.07. The van der Waals surface area contributed by atoms with Gasteiger partial charge in [0.25, 0.3) is 5.91 Å². The van der Waals surface area contributed by atoms with Gasteiger partial charge >= 0.3 is 6.61 Å². The molecule has 136 valence electrons. The molecule has 4 nitrogen and oxygen atoms in total. The van der Waals surface area contributed by atoms with Crippen LogP contribution >= 0.6 is 23.7 Å². The molecule has 0 radical (unpaired) electrons. The maximum atomic E-state index is 12.6. The third-order valence-electron chi connectivity index (χ3n) is 4.92. The fourth-order valence-corrected chi connectivity index (χ4v) is 4.92. The number of nitrogens with two attached hydrogens (primary N) is 1. The monoisotopic (exact) mass is 380 g/mol. The smallest absolute Gasteiger partial charge is 0.387 e. The van der Waals surface area contributed by atoms with Crippen molar-refractivity contribution in [2.45, 2.75) is 57.7 Å². The van der Waals surface area contributed by atoms with Crippen LogP contribution in [0.1, 0.15) is 46.7 Å². The van der Waals surface area contributed by atoms with Gasteiger partial charge in [-0.15, -0.1) is 23.7 Å². The van der Waals surface area contributed by atoms with E-state index in [9.17, 15) is 13.6 Å². The molecule has 0 spiro atoms. The third kappa shape index (κ3) is 4.18. The van der Waals surface area contributed by atoms with Crippen LogP contribution in [0.15, 0.2) is 6.07 Å². The lowest BCUT2D eigenvalue weighted by atomic mass is 9.67. The van der Waals surface area contributed by atoms with Crippen molar-refractivity contribution in [3.63, 3.8) is 0 Å². The minimum Gasteiger partial charge on any atom is -0.433 e. The largest absolute Gasteiger partial charge is 0.433 e. The summed E-state index contributed by atoms with van der Waals surface area (Å²) in [5.74, 6) is 0.442. The highest BCUT2D eigenvalue weighted by Crippen LogP contribution is 2.40. The highest BCUT2D eigenvalue weighted by molar-refractivity contribution is 7.14. The number of carbonyl (C=O) groups is 1. The number of amides is 1. The first-order valence-corrected chi connectivity index (χ1v) is 8.87. The van der Waals surface area contributed by atoms with E-state index >= 15 is 0 Å². The highest BCUT2D eigenvalue weighted by atomic mass is 35.5. The van der Waals surface area contributed by atoms with Crippen LogP contribution in [-0.4, -0.2) is 24.6 Å². The van der Waals surface area contributed by atoms with E-state index in [0.717, 1.165) is 30.6 Å². The molecule has 2 bridgehead atoms. The summed E-state index contributed by atoms with van der Waals surface area (Å²) in [4.78, 5) is 13.6. The standard InChI is InChI=1S/C16H22F2N2O2S.ClH/c1-8-5-12(22-16(17)18)14(23-8)15(21)20-13-9-3-2-4-10(13)7-11(19)6-9;/h5,9-11,13,16H,2-4,6-7,19H2,1H3,(H,20,21);1H. The molecule has 8 heteroatoms. The minimum atomic E-state index is -2.93. The molecule has 0 aromatic carbocycles. The van der Waals surface area contributed by atoms with Gasteiger partial charge in [-0.1, -0.05) is 6.42 Å². The van der Waals surface area contributed by atoms with Crippen LogP contribution in [0.4, 0.5) is 8.78 Å². The predicted octanol–water partition coefficient (Wildman–Crippen LogP) is 3.72. The van der Waals surface area contributed by atoms with E-state index in [0.29, 0.717) is 11.8 Å². The summed E-state index contributed by atoms with van der Waals surface area (Å²) < 4.78 is 29.5. The average molecular weight is 381 g/mol. The summed E-state index contributed by atoms with van der Waals surface area (Å²) in [6.45, 7) is -1.16. The van der Waals surface area contributed by atoms with E-state index in [1.54, 1.807) is 6.92 Å². The Morgan fingerprint density at radius 3 is 2.58 bits per heavy atom. The second-order valence-corrected chi connectivity index (χ2v) is 7.87. The second-order valence-electron chi connectivity index (χ2n) is 6.61. The zero-order chi connectivity index (χ0) is 16.6. The number of ether oxygens (including phenoxy) is 1. The van der Waals surface area contributed by atoms with Crippen LogP contribution in [0.5, 0.6) is 5.75 Å².